The van der Waals surface area contributed by atoms with Crippen LogP contribution >= 0.6 is 0 Å². The van der Waals surface area contributed by atoms with Gasteiger partial charge in [-0.3, -0.25) is 9.69 Å². The van der Waals surface area contributed by atoms with Crippen LogP contribution in [0.25, 0.3) is 0 Å². The summed E-state index contributed by atoms with van der Waals surface area (Å²) in [7, 11) is 0. The molecular formula is C28H40N4O2. The van der Waals surface area contributed by atoms with Crippen LogP contribution in [0.5, 0.6) is 0 Å². The predicted octanol–water partition coefficient (Wildman–Crippen LogP) is 5.43. The lowest BCUT2D eigenvalue weighted by Gasteiger charge is -2.40. The van der Waals surface area contributed by atoms with Crippen LogP contribution in [0, 0.1) is 0 Å². The fraction of sp³-hybridized carbons (Fsp3) is 0.500. The summed E-state index contributed by atoms with van der Waals surface area (Å²) in [5.74, 6) is 0.0637. The topological polar surface area (TPSA) is 55.9 Å². The highest BCUT2D eigenvalue weighted by Crippen LogP contribution is 2.27. The third-order valence-electron chi connectivity index (χ3n) is 6.37. The second-order valence-electron chi connectivity index (χ2n) is 8.94. The zero-order valence-electron chi connectivity index (χ0n) is 20.8. The summed E-state index contributed by atoms with van der Waals surface area (Å²) in [6.07, 6.45) is 6.47. The van der Waals surface area contributed by atoms with Crippen molar-refractivity contribution in [1.82, 2.24) is 15.1 Å². The number of para-hydroxylation sites is 2. The molecule has 1 heterocycles. The highest BCUT2D eigenvalue weighted by atomic mass is 16.2. The van der Waals surface area contributed by atoms with Crippen molar-refractivity contribution in [3.63, 3.8) is 0 Å². The molecule has 34 heavy (non-hydrogen) atoms. The number of amides is 3. The van der Waals surface area contributed by atoms with Gasteiger partial charge >= 0.3 is 6.03 Å². The lowest BCUT2D eigenvalue weighted by Crippen LogP contribution is -2.62. The molecule has 6 heteroatoms. The number of urea groups is 1. The van der Waals surface area contributed by atoms with Gasteiger partial charge in [-0.1, -0.05) is 75.9 Å². The number of hydrogen-bond acceptors (Lipinski definition) is 3. The molecule has 1 N–H and O–H groups in total. The van der Waals surface area contributed by atoms with E-state index in [1.54, 1.807) is 9.80 Å². The molecule has 3 amide bonds. The summed E-state index contributed by atoms with van der Waals surface area (Å²) in [5, 5.41) is 3.35. The molecule has 1 unspecified atom stereocenters. The van der Waals surface area contributed by atoms with Crippen LogP contribution in [-0.4, -0.2) is 60.5 Å². The van der Waals surface area contributed by atoms with Gasteiger partial charge in [0.2, 0.25) is 5.91 Å². The van der Waals surface area contributed by atoms with Crippen molar-refractivity contribution < 1.29 is 9.59 Å². The number of carbonyl (C=O) groups is 2. The zero-order valence-corrected chi connectivity index (χ0v) is 20.8. The van der Waals surface area contributed by atoms with Gasteiger partial charge in [0.15, 0.2) is 0 Å². The van der Waals surface area contributed by atoms with E-state index in [1.807, 2.05) is 65.6 Å². The van der Waals surface area contributed by atoms with Crippen molar-refractivity contribution in [3.05, 3.63) is 60.7 Å². The lowest BCUT2D eigenvalue weighted by molar-refractivity contribution is -0.136. The zero-order chi connectivity index (χ0) is 24.2. The number of nitrogens with one attached hydrogen (secondary N) is 1. The van der Waals surface area contributed by atoms with E-state index in [2.05, 4.69) is 19.2 Å². The van der Waals surface area contributed by atoms with Crippen LogP contribution in [0.2, 0.25) is 0 Å². The number of rotatable bonds is 11. The first-order valence-electron chi connectivity index (χ1n) is 12.9. The van der Waals surface area contributed by atoms with Crippen molar-refractivity contribution in [2.75, 3.05) is 37.6 Å². The van der Waals surface area contributed by atoms with Crippen molar-refractivity contribution in [3.8, 4) is 0 Å². The fourth-order valence-electron chi connectivity index (χ4n) is 4.45. The van der Waals surface area contributed by atoms with Crippen LogP contribution in [-0.2, 0) is 4.79 Å². The Balaban J connectivity index is 1.86. The van der Waals surface area contributed by atoms with Gasteiger partial charge in [0, 0.05) is 32.7 Å². The number of anilines is 2. The lowest BCUT2D eigenvalue weighted by atomic mass is 10.1. The Morgan fingerprint density at radius 1 is 0.853 bits per heavy atom. The Kier molecular flexibility index (Phi) is 10.4. The first-order valence-corrected chi connectivity index (χ1v) is 12.9. The second kappa shape index (κ2) is 13.8. The van der Waals surface area contributed by atoms with Gasteiger partial charge < -0.3 is 15.1 Å². The molecular weight excluding hydrogens is 424 g/mol. The van der Waals surface area contributed by atoms with Crippen molar-refractivity contribution in [2.24, 2.45) is 0 Å². The highest BCUT2D eigenvalue weighted by Gasteiger charge is 2.37. The Hall–Kier alpha value is -2.86. The molecule has 0 saturated carbocycles. The average Bonchev–Trinajstić information content (AvgIpc) is 2.89. The van der Waals surface area contributed by atoms with Crippen LogP contribution in [0.15, 0.2) is 60.7 Å². The fourth-order valence-corrected chi connectivity index (χ4v) is 4.45. The second-order valence-corrected chi connectivity index (χ2v) is 8.94. The molecule has 1 aliphatic rings. The number of carbonyl (C=O) groups excluding carboxylic acids is 2. The first-order chi connectivity index (χ1) is 16.7. The molecule has 184 valence electrons. The van der Waals surface area contributed by atoms with E-state index in [0.29, 0.717) is 19.6 Å². The summed E-state index contributed by atoms with van der Waals surface area (Å²) >= 11 is 0. The van der Waals surface area contributed by atoms with Crippen molar-refractivity contribution in [2.45, 2.75) is 58.4 Å². The van der Waals surface area contributed by atoms with Crippen molar-refractivity contribution in [1.29, 1.82) is 0 Å². The summed E-state index contributed by atoms with van der Waals surface area (Å²) in [4.78, 5) is 33.3. The summed E-state index contributed by atoms with van der Waals surface area (Å²) in [6.45, 7) is 7.54. The Morgan fingerprint density at radius 3 is 1.88 bits per heavy atom. The van der Waals surface area contributed by atoms with E-state index in [9.17, 15) is 9.59 Å². The number of hydrogen-bond donors (Lipinski definition) is 1. The number of piperazine rings is 1. The maximum atomic E-state index is 14.0. The smallest absolute Gasteiger partial charge is 0.329 e. The molecule has 0 aromatic heterocycles. The molecule has 0 aliphatic carbocycles. The molecule has 2 aromatic carbocycles. The largest absolute Gasteiger partial charge is 0.341 e. The Morgan fingerprint density at radius 2 is 1.38 bits per heavy atom. The summed E-state index contributed by atoms with van der Waals surface area (Å²) in [5.41, 5.74) is 1.59. The minimum Gasteiger partial charge on any atom is -0.341 e. The van der Waals surface area contributed by atoms with Crippen LogP contribution in [0.3, 0.4) is 0 Å². The van der Waals surface area contributed by atoms with Gasteiger partial charge in [0.1, 0.15) is 6.04 Å². The molecule has 2 aromatic rings. The first kappa shape index (κ1) is 25.8. The SMILES string of the molecule is CCCCCN(CCCCC)C(=O)C1CNCCN1C(=O)N(c1ccccc1)c1ccccc1. The van der Waals surface area contributed by atoms with E-state index < -0.39 is 6.04 Å². The van der Waals surface area contributed by atoms with E-state index >= 15 is 0 Å². The molecule has 0 radical (unpaired) electrons. The number of unbranched alkanes of at least 4 members (excludes halogenated alkanes) is 4. The molecule has 6 nitrogen and oxygen atoms in total. The average molecular weight is 465 g/mol. The Bertz CT molecular complexity index is 825. The standard InChI is InChI=1S/C28H40N4O2/c1-3-5-13-20-30(21-14-6-4-2)27(33)26-23-29-19-22-31(26)28(34)32(24-15-9-7-10-16-24)25-17-11-8-12-18-25/h7-12,15-18,26,29H,3-6,13-14,19-23H2,1-2H3. The maximum Gasteiger partial charge on any atom is 0.329 e. The molecule has 3 rings (SSSR count). The van der Waals surface area contributed by atoms with Gasteiger partial charge in [-0.25, -0.2) is 4.79 Å². The summed E-state index contributed by atoms with van der Waals surface area (Å²) in [6, 6.07) is 18.7. The molecule has 0 spiro atoms. The predicted molar refractivity (Wildman–Crippen MR) is 139 cm³/mol. The van der Waals surface area contributed by atoms with Crippen LogP contribution in [0.1, 0.15) is 52.4 Å². The quantitative estimate of drug-likeness (QED) is 0.451. The number of benzene rings is 2. The number of nitrogens with zero attached hydrogens (tertiary/aromatic N) is 3. The molecule has 1 aliphatic heterocycles. The van der Waals surface area contributed by atoms with E-state index in [0.717, 1.165) is 63.0 Å². The van der Waals surface area contributed by atoms with Crippen molar-refractivity contribution >= 4 is 23.3 Å². The normalized spacial score (nSPS) is 15.7. The van der Waals surface area contributed by atoms with E-state index in [1.165, 1.54) is 0 Å². The van der Waals surface area contributed by atoms with E-state index in [-0.39, 0.29) is 11.9 Å². The maximum absolute atomic E-state index is 14.0. The molecule has 1 atom stereocenters. The van der Waals surface area contributed by atoms with Gasteiger partial charge in [-0.15, -0.1) is 0 Å². The van der Waals surface area contributed by atoms with Gasteiger partial charge in [0.25, 0.3) is 0 Å². The van der Waals surface area contributed by atoms with Gasteiger partial charge in [-0.05, 0) is 37.1 Å². The highest BCUT2D eigenvalue weighted by molar-refractivity contribution is 6.01. The van der Waals surface area contributed by atoms with Gasteiger partial charge in [0.05, 0.1) is 11.4 Å². The Labute approximate surface area is 204 Å². The molecule has 1 saturated heterocycles. The monoisotopic (exact) mass is 464 g/mol. The molecule has 0 bridgehead atoms. The minimum atomic E-state index is -0.501. The van der Waals surface area contributed by atoms with E-state index in [4.69, 9.17) is 0 Å². The van der Waals surface area contributed by atoms with Crippen LogP contribution < -0.4 is 10.2 Å². The third kappa shape index (κ3) is 6.83. The van der Waals surface area contributed by atoms with Crippen LogP contribution in [0.4, 0.5) is 16.2 Å². The molecule has 1 fully saturated rings. The summed E-state index contributed by atoms with van der Waals surface area (Å²) < 4.78 is 0. The third-order valence-corrected chi connectivity index (χ3v) is 6.37. The minimum absolute atomic E-state index is 0.0637. The van der Waals surface area contributed by atoms with Gasteiger partial charge in [-0.2, -0.15) is 0 Å².